The van der Waals surface area contributed by atoms with Gasteiger partial charge in [-0.05, 0) is 44.0 Å². The highest BCUT2D eigenvalue weighted by atomic mass is 19.4. The Kier molecular flexibility index (Phi) is 5.72. The van der Waals surface area contributed by atoms with Crippen LogP contribution in [0, 0.1) is 11.6 Å². The lowest BCUT2D eigenvalue weighted by Gasteiger charge is -2.16. The molecule has 0 aliphatic carbocycles. The molecule has 6 heteroatoms. The van der Waals surface area contributed by atoms with Crippen LogP contribution in [-0.4, -0.2) is 19.3 Å². The van der Waals surface area contributed by atoms with Gasteiger partial charge >= 0.3 is 6.18 Å². The lowest BCUT2D eigenvalue weighted by molar-refractivity contribution is -0.135. The lowest BCUT2D eigenvalue weighted by Crippen LogP contribution is -2.28. The molecule has 1 atom stereocenters. The van der Waals surface area contributed by atoms with Gasteiger partial charge in [-0.1, -0.05) is 6.07 Å². The Morgan fingerprint density at radius 3 is 2.37 bits per heavy atom. The fraction of sp³-hybridized carbons (Fsp3) is 0.538. The molecule has 0 spiro atoms. The van der Waals surface area contributed by atoms with E-state index in [4.69, 9.17) is 0 Å². The van der Waals surface area contributed by atoms with Gasteiger partial charge < -0.3 is 5.32 Å². The lowest BCUT2D eigenvalue weighted by atomic mass is 10.0. The van der Waals surface area contributed by atoms with E-state index in [0.29, 0.717) is 18.4 Å². The molecular formula is C13H16F5N. The third-order valence-electron chi connectivity index (χ3n) is 2.89. The maximum atomic E-state index is 13.0. The third-order valence-corrected chi connectivity index (χ3v) is 2.89. The van der Waals surface area contributed by atoms with Crippen molar-refractivity contribution in [1.82, 2.24) is 5.32 Å². The molecule has 19 heavy (non-hydrogen) atoms. The molecule has 1 N–H and O–H groups in total. The summed E-state index contributed by atoms with van der Waals surface area (Å²) in [5.41, 5.74) is 0.560. The SMILES string of the molecule is CNC(CCCC(F)(F)F)Cc1ccc(F)c(F)c1. The summed E-state index contributed by atoms with van der Waals surface area (Å²) < 4.78 is 61.8. The van der Waals surface area contributed by atoms with E-state index in [0.717, 1.165) is 12.1 Å². The van der Waals surface area contributed by atoms with Crippen molar-refractivity contribution >= 4 is 0 Å². The first-order chi connectivity index (χ1) is 8.81. The largest absolute Gasteiger partial charge is 0.389 e. The fourth-order valence-corrected chi connectivity index (χ4v) is 1.85. The predicted molar refractivity (Wildman–Crippen MR) is 62.8 cm³/mol. The van der Waals surface area contributed by atoms with Crippen LogP contribution < -0.4 is 5.32 Å². The summed E-state index contributed by atoms with van der Waals surface area (Å²) in [6.07, 6.45) is -4.28. The van der Waals surface area contributed by atoms with Crippen LogP contribution >= 0.6 is 0 Å². The molecule has 1 unspecified atom stereocenters. The van der Waals surface area contributed by atoms with Crippen molar-refractivity contribution in [3.63, 3.8) is 0 Å². The molecule has 0 fully saturated rings. The van der Waals surface area contributed by atoms with Crippen molar-refractivity contribution in [3.05, 3.63) is 35.4 Å². The molecule has 1 rings (SSSR count). The minimum absolute atomic E-state index is 0.0126. The molecular weight excluding hydrogens is 265 g/mol. The Morgan fingerprint density at radius 2 is 1.84 bits per heavy atom. The Hall–Kier alpha value is -1.17. The van der Waals surface area contributed by atoms with Crippen LogP contribution in [-0.2, 0) is 6.42 Å². The highest BCUT2D eigenvalue weighted by Gasteiger charge is 2.26. The number of hydrogen-bond acceptors (Lipinski definition) is 1. The second kappa shape index (κ2) is 6.84. The minimum atomic E-state index is -4.15. The molecule has 0 saturated heterocycles. The van der Waals surface area contributed by atoms with Crippen LogP contribution in [0.15, 0.2) is 18.2 Å². The van der Waals surface area contributed by atoms with Crippen molar-refractivity contribution < 1.29 is 22.0 Å². The highest BCUT2D eigenvalue weighted by molar-refractivity contribution is 5.18. The first kappa shape index (κ1) is 15.9. The zero-order valence-corrected chi connectivity index (χ0v) is 10.5. The summed E-state index contributed by atoms with van der Waals surface area (Å²) in [7, 11) is 1.64. The van der Waals surface area contributed by atoms with E-state index in [1.807, 2.05) is 0 Å². The van der Waals surface area contributed by atoms with Crippen LogP contribution in [0.4, 0.5) is 22.0 Å². The molecule has 1 nitrogen and oxygen atoms in total. The first-order valence-electron chi connectivity index (χ1n) is 6.00. The quantitative estimate of drug-likeness (QED) is 0.781. The van der Waals surface area contributed by atoms with Crippen LogP contribution in [0.3, 0.4) is 0 Å². The molecule has 108 valence electrons. The molecule has 0 aromatic heterocycles. The average Bonchev–Trinajstić information content (AvgIpc) is 2.31. The van der Waals surface area contributed by atoms with E-state index >= 15 is 0 Å². The van der Waals surface area contributed by atoms with Gasteiger partial charge in [0.15, 0.2) is 11.6 Å². The van der Waals surface area contributed by atoms with Crippen molar-refractivity contribution in [1.29, 1.82) is 0 Å². The minimum Gasteiger partial charge on any atom is -0.317 e. The molecule has 0 aliphatic rings. The van der Waals surface area contributed by atoms with Crippen LogP contribution in [0.2, 0.25) is 0 Å². The summed E-state index contributed by atoms with van der Waals surface area (Å²) in [5.74, 6) is -1.87. The summed E-state index contributed by atoms with van der Waals surface area (Å²) in [4.78, 5) is 0. The second-order valence-corrected chi connectivity index (χ2v) is 4.45. The standard InChI is InChI=1S/C13H16F5N/c1-19-10(3-2-6-13(16,17)18)7-9-4-5-11(14)12(15)8-9/h4-5,8,10,19H,2-3,6-7H2,1H3. The summed E-state index contributed by atoms with van der Waals surface area (Å²) in [5, 5.41) is 2.89. The number of benzene rings is 1. The molecule has 0 bridgehead atoms. The Balaban J connectivity index is 2.49. The van der Waals surface area contributed by atoms with Gasteiger partial charge in [-0.2, -0.15) is 13.2 Å². The maximum absolute atomic E-state index is 13.0. The Bertz CT molecular complexity index is 403. The molecule has 0 aliphatic heterocycles. The van der Waals surface area contributed by atoms with Gasteiger partial charge in [-0.15, -0.1) is 0 Å². The average molecular weight is 281 g/mol. The maximum Gasteiger partial charge on any atom is 0.389 e. The zero-order chi connectivity index (χ0) is 14.5. The number of alkyl halides is 3. The van der Waals surface area contributed by atoms with Gasteiger partial charge in [0.05, 0.1) is 0 Å². The predicted octanol–water partition coefficient (Wildman–Crippen LogP) is 3.83. The van der Waals surface area contributed by atoms with E-state index < -0.39 is 24.2 Å². The van der Waals surface area contributed by atoms with E-state index in [9.17, 15) is 22.0 Å². The number of hydrogen-bond donors (Lipinski definition) is 1. The van der Waals surface area contributed by atoms with Gasteiger partial charge in [-0.25, -0.2) is 8.78 Å². The Morgan fingerprint density at radius 1 is 1.16 bits per heavy atom. The van der Waals surface area contributed by atoms with Crippen LogP contribution in [0.25, 0.3) is 0 Å². The molecule has 0 heterocycles. The normalized spacial score (nSPS) is 13.6. The van der Waals surface area contributed by atoms with Crippen molar-refractivity contribution in [2.75, 3.05) is 7.05 Å². The van der Waals surface area contributed by atoms with Gasteiger partial charge in [0, 0.05) is 12.5 Å². The third kappa shape index (κ3) is 6.00. The van der Waals surface area contributed by atoms with Gasteiger partial charge in [0.25, 0.3) is 0 Å². The van der Waals surface area contributed by atoms with Gasteiger partial charge in [0.1, 0.15) is 0 Å². The van der Waals surface area contributed by atoms with E-state index in [1.54, 1.807) is 7.05 Å². The van der Waals surface area contributed by atoms with Gasteiger partial charge in [0.2, 0.25) is 0 Å². The van der Waals surface area contributed by atoms with E-state index in [2.05, 4.69) is 5.32 Å². The number of likely N-dealkylation sites (N-methyl/N-ethyl adjacent to an activating group) is 1. The summed E-state index contributed by atoms with van der Waals surface area (Å²) in [6, 6.07) is 3.34. The first-order valence-corrected chi connectivity index (χ1v) is 6.00. The van der Waals surface area contributed by atoms with Crippen molar-refractivity contribution in [2.24, 2.45) is 0 Å². The smallest absolute Gasteiger partial charge is 0.317 e. The number of rotatable bonds is 6. The van der Waals surface area contributed by atoms with Crippen molar-refractivity contribution in [3.8, 4) is 0 Å². The van der Waals surface area contributed by atoms with Crippen LogP contribution in [0.1, 0.15) is 24.8 Å². The topological polar surface area (TPSA) is 12.0 Å². The summed E-state index contributed by atoms with van der Waals surface area (Å²) in [6.45, 7) is 0. The molecule has 1 aromatic rings. The van der Waals surface area contributed by atoms with Crippen molar-refractivity contribution in [2.45, 2.75) is 37.9 Å². The van der Waals surface area contributed by atoms with E-state index in [-0.39, 0.29) is 12.5 Å². The second-order valence-electron chi connectivity index (χ2n) is 4.45. The van der Waals surface area contributed by atoms with E-state index in [1.165, 1.54) is 6.07 Å². The summed E-state index contributed by atoms with van der Waals surface area (Å²) >= 11 is 0. The fourth-order valence-electron chi connectivity index (χ4n) is 1.85. The molecule has 0 amide bonds. The number of nitrogens with one attached hydrogen (secondary N) is 1. The molecule has 0 radical (unpaired) electrons. The monoisotopic (exact) mass is 281 g/mol. The molecule has 0 saturated carbocycles. The Labute approximate surface area is 108 Å². The number of halogens is 5. The highest BCUT2D eigenvalue weighted by Crippen LogP contribution is 2.23. The van der Waals surface area contributed by atoms with Crippen LogP contribution in [0.5, 0.6) is 0 Å². The van der Waals surface area contributed by atoms with Gasteiger partial charge in [-0.3, -0.25) is 0 Å². The molecule has 1 aromatic carbocycles. The zero-order valence-electron chi connectivity index (χ0n) is 10.5.